The lowest BCUT2D eigenvalue weighted by Gasteiger charge is -2.13. The number of hydrogen-bond acceptors (Lipinski definition) is 6. The predicted molar refractivity (Wildman–Crippen MR) is 128 cm³/mol. The Balaban J connectivity index is 1.59. The first-order valence-corrected chi connectivity index (χ1v) is 11.5. The third kappa shape index (κ3) is 4.87. The largest absolute Gasteiger partial charge is 0.272 e. The Morgan fingerprint density at radius 1 is 1.23 bits per heavy atom. The minimum absolute atomic E-state index is 0.0547. The van der Waals surface area contributed by atoms with Gasteiger partial charge in [0.2, 0.25) is 0 Å². The van der Waals surface area contributed by atoms with Crippen LogP contribution in [-0.4, -0.2) is 27.4 Å². The van der Waals surface area contributed by atoms with Gasteiger partial charge in [0.05, 0.1) is 28.6 Å². The lowest BCUT2D eigenvalue weighted by atomic mass is 10.2. The summed E-state index contributed by atoms with van der Waals surface area (Å²) in [6.07, 6.45) is 1.63. The van der Waals surface area contributed by atoms with Crippen LogP contribution in [0.5, 0.6) is 0 Å². The van der Waals surface area contributed by atoms with Gasteiger partial charge in [-0.05, 0) is 60.3 Å². The van der Waals surface area contributed by atoms with Crippen molar-refractivity contribution in [2.24, 2.45) is 5.10 Å². The average Bonchev–Trinajstić information content (AvgIpc) is 3.18. The Bertz CT molecular complexity index is 1330. The number of hydrazone groups is 1. The van der Waals surface area contributed by atoms with Crippen LogP contribution in [0.25, 0.3) is 16.6 Å². The molecule has 156 valence electrons. The van der Waals surface area contributed by atoms with E-state index in [1.807, 2.05) is 24.4 Å². The maximum Gasteiger partial charge on any atom is 0.266 e. The van der Waals surface area contributed by atoms with Gasteiger partial charge in [0.15, 0.2) is 5.16 Å². The van der Waals surface area contributed by atoms with Crippen molar-refractivity contribution in [3.63, 3.8) is 0 Å². The number of rotatable bonds is 6. The highest BCUT2D eigenvalue weighted by Gasteiger charge is 2.14. The molecule has 1 amide bonds. The van der Waals surface area contributed by atoms with Gasteiger partial charge >= 0.3 is 0 Å². The molecule has 2 aromatic heterocycles. The molecule has 0 saturated heterocycles. The van der Waals surface area contributed by atoms with Crippen LogP contribution < -0.4 is 11.0 Å². The topological polar surface area (TPSA) is 76.3 Å². The maximum absolute atomic E-state index is 13.2. The van der Waals surface area contributed by atoms with Gasteiger partial charge in [0, 0.05) is 9.90 Å². The van der Waals surface area contributed by atoms with Crippen LogP contribution in [0.15, 0.2) is 75.0 Å². The molecule has 4 aromatic rings. The van der Waals surface area contributed by atoms with E-state index in [4.69, 9.17) is 11.6 Å². The molecule has 0 radical (unpaired) electrons. The number of carbonyl (C=O) groups excluding carboxylic acids is 1. The molecule has 2 heterocycles. The maximum atomic E-state index is 13.2. The summed E-state index contributed by atoms with van der Waals surface area (Å²) in [5.41, 5.74) is 4.62. The molecule has 0 atom stereocenters. The summed E-state index contributed by atoms with van der Waals surface area (Å²) in [7, 11) is 0. The van der Waals surface area contributed by atoms with E-state index in [-0.39, 0.29) is 17.2 Å². The molecule has 4 rings (SSSR count). The van der Waals surface area contributed by atoms with E-state index in [0.717, 1.165) is 10.4 Å². The van der Waals surface area contributed by atoms with Crippen molar-refractivity contribution in [3.05, 3.63) is 85.8 Å². The van der Waals surface area contributed by atoms with E-state index in [9.17, 15) is 9.59 Å². The van der Waals surface area contributed by atoms with Gasteiger partial charge in [-0.15, -0.1) is 11.3 Å². The standard InChI is InChI=1S/C22H17ClN4O2S2/c1-14-10-11-30-19(14)12-24-26-20(28)13-31-22-25-18-5-3-2-4-17(18)21(29)27(22)16-8-6-15(23)7-9-16/h2-12H,13H2,1H3,(H,26,28)/b24-12+. The fourth-order valence-electron chi connectivity index (χ4n) is 2.87. The fraction of sp³-hybridized carbons (Fsp3) is 0.0909. The molecule has 0 aliphatic carbocycles. The van der Waals surface area contributed by atoms with E-state index >= 15 is 0 Å². The van der Waals surface area contributed by atoms with Crippen LogP contribution in [-0.2, 0) is 4.79 Å². The number of amides is 1. The molecule has 31 heavy (non-hydrogen) atoms. The number of para-hydroxylation sites is 1. The average molecular weight is 469 g/mol. The summed E-state index contributed by atoms with van der Waals surface area (Å²) in [6.45, 7) is 1.98. The highest BCUT2D eigenvalue weighted by molar-refractivity contribution is 7.99. The van der Waals surface area contributed by atoms with Crippen LogP contribution in [0.4, 0.5) is 0 Å². The van der Waals surface area contributed by atoms with Gasteiger partial charge < -0.3 is 0 Å². The predicted octanol–water partition coefficient (Wildman–Crippen LogP) is 4.65. The molecule has 0 unspecified atom stereocenters. The van der Waals surface area contributed by atoms with Gasteiger partial charge in [0.1, 0.15) is 0 Å². The second-order valence-electron chi connectivity index (χ2n) is 6.58. The highest BCUT2D eigenvalue weighted by Crippen LogP contribution is 2.22. The Morgan fingerprint density at radius 2 is 2.00 bits per heavy atom. The second-order valence-corrected chi connectivity index (χ2v) is 8.90. The smallest absolute Gasteiger partial charge is 0.266 e. The minimum Gasteiger partial charge on any atom is -0.272 e. The monoisotopic (exact) mass is 468 g/mol. The number of aryl methyl sites for hydroxylation is 1. The van der Waals surface area contributed by atoms with Gasteiger partial charge in [-0.1, -0.05) is 35.5 Å². The number of thioether (sulfide) groups is 1. The zero-order valence-electron chi connectivity index (χ0n) is 16.4. The molecule has 0 saturated carbocycles. The summed E-state index contributed by atoms with van der Waals surface area (Å²) >= 11 is 8.72. The zero-order valence-corrected chi connectivity index (χ0v) is 18.8. The molecule has 0 aliphatic heterocycles. The SMILES string of the molecule is Cc1ccsc1/C=N/NC(=O)CSc1nc2ccccc2c(=O)n1-c1ccc(Cl)cc1. The molecule has 2 aromatic carbocycles. The van der Waals surface area contributed by atoms with Crippen molar-refractivity contribution in [2.45, 2.75) is 12.1 Å². The van der Waals surface area contributed by atoms with Crippen LogP contribution in [0.3, 0.4) is 0 Å². The Kier molecular flexibility index (Phi) is 6.50. The third-order valence-electron chi connectivity index (χ3n) is 4.43. The van der Waals surface area contributed by atoms with Gasteiger partial charge in [-0.2, -0.15) is 5.10 Å². The lowest BCUT2D eigenvalue weighted by Crippen LogP contribution is -2.24. The number of halogens is 1. The van der Waals surface area contributed by atoms with Gasteiger partial charge in [-0.25, -0.2) is 10.4 Å². The summed E-state index contributed by atoms with van der Waals surface area (Å²) in [4.78, 5) is 31.1. The molecular formula is C22H17ClN4O2S2. The van der Waals surface area contributed by atoms with Crippen LogP contribution in [0, 0.1) is 6.92 Å². The third-order valence-corrected chi connectivity index (χ3v) is 6.58. The van der Waals surface area contributed by atoms with Crippen molar-refractivity contribution >= 4 is 57.7 Å². The number of benzene rings is 2. The molecule has 0 aliphatic rings. The number of fused-ring (bicyclic) bond motifs is 1. The molecule has 0 spiro atoms. The van der Waals surface area contributed by atoms with E-state index in [2.05, 4.69) is 15.5 Å². The first-order chi connectivity index (χ1) is 15.0. The summed E-state index contributed by atoms with van der Waals surface area (Å²) < 4.78 is 1.49. The molecular weight excluding hydrogens is 452 g/mol. The van der Waals surface area contributed by atoms with E-state index in [0.29, 0.717) is 26.8 Å². The second kappa shape index (κ2) is 9.47. The fourth-order valence-corrected chi connectivity index (χ4v) is 4.59. The van der Waals surface area contributed by atoms with Crippen molar-refractivity contribution in [2.75, 3.05) is 5.75 Å². The van der Waals surface area contributed by atoms with Crippen LogP contribution in [0.1, 0.15) is 10.4 Å². The minimum atomic E-state index is -0.291. The van der Waals surface area contributed by atoms with Gasteiger partial charge in [-0.3, -0.25) is 14.2 Å². The highest BCUT2D eigenvalue weighted by atomic mass is 35.5. The normalized spacial score (nSPS) is 11.3. The number of hydrogen-bond donors (Lipinski definition) is 1. The van der Waals surface area contributed by atoms with Crippen LogP contribution in [0.2, 0.25) is 5.02 Å². The Labute approximate surface area is 191 Å². The zero-order chi connectivity index (χ0) is 21.8. The number of aromatic nitrogens is 2. The molecule has 0 bridgehead atoms. The summed E-state index contributed by atoms with van der Waals surface area (Å²) in [5.74, 6) is -0.236. The van der Waals surface area contributed by atoms with E-state index in [1.165, 1.54) is 16.3 Å². The Morgan fingerprint density at radius 3 is 2.74 bits per heavy atom. The van der Waals surface area contributed by atoms with Crippen molar-refractivity contribution < 1.29 is 4.79 Å². The van der Waals surface area contributed by atoms with Crippen LogP contribution >= 0.6 is 34.7 Å². The molecule has 9 heteroatoms. The number of nitrogens with one attached hydrogen (secondary N) is 1. The molecule has 0 fully saturated rings. The van der Waals surface area contributed by atoms with E-state index < -0.39 is 0 Å². The first kappa shape index (κ1) is 21.3. The molecule has 6 nitrogen and oxygen atoms in total. The Hall–Kier alpha value is -2.94. The van der Waals surface area contributed by atoms with Gasteiger partial charge in [0.25, 0.3) is 11.5 Å². The summed E-state index contributed by atoms with van der Waals surface area (Å²) in [6, 6.07) is 16.0. The van der Waals surface area contributed by atoms with Crippen molar-refractivity contribution in [1.29, 1.82) is 0 Å². The van der Waals surface area contributed by atoms with E-state index in [1.54, 1.807) is 60.0 Å². The van der Waals surface area contributed by atoms with Crippen molar-refractivity contribution in [1.82, 2.24) is 15.0 Å². The summed E-state index contributed by atoms with van der Waals surface area (Å²) in [5, 5.41) is 7.47. The van der Waals surface area contributed by atoms with Crippen molar-refractivity contribution in [3.8, 4) is 5.69 Å². The quantitative estimate of drug-likeness (QED) is 0.193. The number of nitrogens with zero attached hydrogens (tertiary/aromatic N) is 3. The number of carbonyl (C=O) groups is 1. The molecule has 1 N–H and O–H groups in total. The first-order valence-electron chi connectivity index (χ1n) is 9.29. The lowest BCUT2D eigenvalue weighted by molar-refractivity contribution is -0.118. The number of thiophene rings is 1.